The predicted octanol–water partition coefficient (Wildman–Crippen LogP) is 4.55. The minimum atomic E-state index is -0.988. The first kappa shape index (κ1) is 20.8. The minimum Gasteiger partial charge on any atom is -0.480 e. The van der Waals surface area contributed by atoms with Crippen LogP contribution in [-0.4, -0.2) is 34.0 Å². The lowest BCUT2D eigenvalue weighted by molar-refractivity contribution is -0.141. The zero-order valence-electron chi connectivity index (χ0n) is 17.4. The molecule has 4 nitrogen and oxygen atoms in total. The molecule has 0 aliphatic heterocycles. The summed E-state index contributed by atoms with van der Waals surface area (Å²) < 4.78 is 0. The smallest absolute Gasteiger partial charge is 0.325 e. The number of carbonyl (C=O) groups excluding carboxylic acids is 1. The Morgan fingerprint density at radius 2 is 1.62 bits per heavy atom. The zero-order chi connectivity index (χ0) is 20.5. The number of benzene rings is 1. The normalized spacial score (nSPS) is 33.1. The van der Waals surface area contributed by atoms with Gasteiger partial charge in [0, 0.05) is 11.0 Å². The fourth-order valence-corrected chi connectivity index (χ4v) is 8.04. The maximum Gasteiger partial charge on any atom is 0.325 e. The highest BCUT2D eigenvalue weighted by Crippen LogP contribution is 2.57. The first-order valence-electron chi connectivity index (χ1n) is 11.1. The van der Waals surface area contributed by atoms with Crippen molar-refractivity contribution in [2.24, 2.45) is 29.6 Å². The third kappa shape index (κ3) is 4.50. The van der Waals surface area contributed by atoms with Gasteiger partial charge in [0.15, 0.2) is 0 Å². The van der Waals surface area contributed by atoms with Crippen molar-refractivity contribution in [2.75, 3.05) is 5.75 Å². The van der Waals surface area contributed by atoms with E-state index < -0.39 is 12.0 Å². The van der Waals surface area contributed by atoms with Gasteiger partial charge in [-0.3, -0.25) is 9.59 Å². The zero-order valence-corrected chi connectivity index (χ0v) is 18.2. The molecule has 5 heteroatoms. The van der Waals surface area contributed by atoms with Gasteiger partial charge in [-0.15, -0.1) is 0 Å². The summed E-state index contributed by atoms with van der Waals surface area (Å²) in [5.74, 6) is 3.03. The van der Waals surface area contributed by atoms with Gasteiger partial charge in [-0.25, -0.2) is 0 Å². The number of carboxylic acid groups (broad SMARTS) is 1. The van der Waals surface area contributed by atoms with E-state index in [4.69, 9.17) is 0 Å². The van der Waals surface area contributed by atoms with Crippen LogP contribution in [0.25, 0.3) is 0 Å². The molecule has 158 valence electrons. The predicted molar refractivity (Wildman–Crippen MR) is 117 cm³/mol. The number of nitrogens with one attached hydrogen (secondary N) is 1. The molecule has 4 bridgehead atoms. The SMILES string of the molecule is C[C@H](NC(=O)[C@@H](CSC1C2CC3CC(C2)CC1C3)[C@H](C)c1ccccc1)C(=O)O. The lowest BCUT2D eigenvalue weighted by Crippen LogP contribution is -2.48. The van der Waals surface area contributed by atoms with Crippen molar-refractivity contribution in [1.82, 2.24) is 5.32 Å². The number of hydrogen-bond acceptors (Lipinski definition) is 3. The molecule has 29 heavy (non-hydrogen) atoms. The monoisotopic (exact) mass is 415 g/mol. The molecule has 2 N–H and O–H groups in total. The second-order valence-electron chi connectivity index (χ2n) is 9.60. The van der Waals surface area contributed by atoms with Gasteiger partial charge in [0.2, 0.25) is 5.91 Å². The van der Waals surface area contributed by atoms with E-state index in [1.807, 2.05) is 30.0 Å². The molecule has 0 spiro atoms. The molecule has 0 radical (unpaired) electrons. The van der Waals surface area contributed by atoms with E-state index in [0.717, 1.165) is 35.0 Å². The van der Waals surface area contributed by atoms with Crippen LogP contribution in [0.3, 0.4) is 0 Å². The van der Waals surface area contributed by atoms with Gasteiger partial charge in [0.25, 0.3) is 0 Å². The molecule has 4 aliphatic rings. The second kappa shape index (κ2) is 8.71. The maximum atomic E-state index is 13.1. The van der Waals surface area contributed by atoms with Gasteiger partial charge in [-0.1, -0.05) is 37.3 Å². The van der Waals surface area contributed by atoms with Crippen molar-refractivity contribution in [1.29, 1.82) is 0 Å². The highest BCUT2D eigenvalue weighted by molar-refractivity contribution is 7.99. The van der Waals surface area contributed by atoms with E-state index in [0.29, 0.717) is 5.25 Å². The third-order valence-electron chi connectivity index (χ3n) is 7.60. The topological polar surface area (TPSA) is 66.4 Å². The average molecular weight is 416 g/mol. The molecule has 5 rings (SSSR count). The molecule has 3 atom stereocenters. The molecule has 0 aromatic heterocycles. The Morgan fingerprint density at radius 3 is 2.17 bits per heavy atom. The Kier molecular flexibility index (Phi) is 6.24. The quantitative estimate of drug-likeness (QED) is 0.653. The second-order valence-corrected chi connectivity index (χ2v) is 10.8. The standard InChI is InChI=1S/C24H33NO3S/c1-14(18-6-4-3-5-7-18)21(23(26)25-15(2)24(27)28)13-29-22-19-9-16-8-17(11-19)12-20(22)10-16/h3-7,14-17,19-22H,8-13H2,1-2H3,(H,25,26)(H,27,28)/t14-,15+,16?,17?,19?,20?,21+,22?/m1/s1. The first-order chi connectivity index (χ1) is 13.9. The summed E-state index contributed by atoms with van der Waals surface area (Å²) in [6, 6.07) is 9.27. The fourth-order valence-electron chi connectivity index (χ4n) is 6.18. The van der Waals surface area contributed by atoms with Crippen molar-refractivity contribution < 1.29 is 14.7 Å². The minimum absolute atomic E-state index is 0.0570. The molecular formula is C24H33NO3S. The largest absolute Gasteiger partial charge is 0.480 e. The summed E-state index contributed by atoms with van der Waals surface area (Å²) in [5.41, 5.74) is 1.14. The number of thioether (sulfide) groups is 1. The summed E-state index contributed by atoms with van der Waals surface area (Å²) in [6.45, 7) is 3.64. The van der Waals surface area contributed by atoms with Crippen molar-refractivity contribution in [3.8, 4) is 0 Å². The van der Waals surface area contributed by atoms with Gasteiger partial charge in [-0.05, 0) is 74.2 Å². The van der Waals surface area contributed by atoms with Gasteiger partial charge in [0.05, 0.1) is 5.92 Å². The summed E-state index contributed by atoms with van der Waals surface area (Å²) in [7, 11) is 0. The molecule has 0 heterocycles. The highest BCUT2D eigenvalue weighted by atomic mass is 32.2. The molecule has 1 amide bonds. The van der Waals surface area contributed by atoms with Crippen LogP contribution in [0.15, 0.2) is 30.3 Å². The molecule has 4 fully saturated rings. The average Bonchev–Trinajstić information content (AvgIpc) is 2.69. The summed E-state index contributed by atoms with van der Waals surface area (Å²) in [4.78, 5) is 24.3. The van der Waals surface area contributed by atoms with Gasteiger partial charge < -0.3 is 10.4 Å². The van der Waals surface area contributed by atoms with E-state index in [1.165, 1.54) is 39.0 Å². The molecule has 1 aromatic rings. The number of rotatable bonds is 8. The highest BCUT2D eigenvalue weighted by Gasteiger charge is 2.48. The summed E-state index contributed by atoms with van der Waals surface area (Å²) in [5, 5.41) is 12.6. The first-order valence-corrected chi connectivity index (χ1v) is 12.2. The Bertz CT molecular complexity index is 709. The Hall–Kier alpha value is -1.49. The lowest BCUT2D eigenvalue weighted by Gasteiger charge is -2.54. The van der Waals surface area contributed by atoms with Crippen LogP contribution in [0.1, 0.15) is 57.4 Å². The van der Waals surface area contributed by atoms with Crippen molar-refractivity contribution >= 4 is 23.6 Å². The van der Waals surface area contributed by atoms with Gasteiger partial charge in [-0.2, -0.15) is 11.8 Å². The van der Waals surface area contributed by atoms with Crippen LogP contribution in [0.4, 0.5) is 0 Å². The number of carbonyl (C=O) groups is 2. The molecule has 0 unspecified atom stereocenters. The van der Waals surface area contributed by atoms with Crippen molar-refractivity contribution in [2.45, 2.75) is 63.2 Å². The molecule has 0 saturated heterocycles. The molecular weight excluding hydrogens is 382 g/mol. The van der Waals surface area contributed by atoms with Crippen LogP contribution in [0.5, 0.6) is 0 Å². The van der Waals surface area contributed by atoms with Crippen molar-refractivity contribution in [3.05, 3.63) is 35.9 Å². The van der Waals surface area contributed by atoms with E-state index in [9.17, 15) is 14.7 Å². The van der Waals surface area contributed by atoms with Gasteiger partial charge in [0.1, 0.15) is 6.04 Å². The lowest BCUT2D eigenvalue weighted by atomic mass is 9.56. The summed E-state index contributed by atoms with van der Waals surface area (Å²) in [6.07, 6.45) is 6.98. The van der Waals surface area contributed by atoms with E-state index in [2.05, 4.69) is 24.4 Å². The number of amides is 1. The molecule has 4 saturated carbocycles. The van der Waals surface area contributed by atoms with E-state index >= 15 is 0 Å². The van der Waals surface area contributed by atoms with Crippen LogP contribution in [0.2, 0.25) is 0 Å². The van der Waals surface area contributed by atoms with E-state index in [1.54, 1.807) is 0 Å². The Morgan fingerprint density at radius 1 is 1.03 bits per heavy atom. The van der Waals surface area contributed by atoms with Gasteiger partial charge >= 0.3 is 5.97 Å². The Balaban J connectivity index is 1.46. The van der Waals surface area contributed by atoms with Crippen LogP contribution in [0, 0.1) is 29.6 Å². The Labute approximate surface area is 178 Å². The summed E-state index contributed by atoms with van der Waals surface area (Å²) >= 11 is 2.00. The van der Waals surface area contributed by atoms with Crippen LogP contribution >= 0.6 is 11.8 Å². The molecule has 1 aromatic carbocycles. The number of carboxylic acids is 1. The number of hydrogen-bond donors (Lipinski definition) is 2. The number of aliphatic carboxylic acids is 1. The van der Waals surface area contributed by atoms with Crippen molar-refractivity contribution in [3.63, 3.8) is 0 Å². The molecule has 4 aliphatic carbocycles. The van der Waals surface area contributed by atoms with Crippen LogP contribution < -0.4 is 5.32 Å². The maximum absolute atomic E-state index is 13.1. The fraction of sp³-hybridized carbons (Fsp3) is 0.667. The van der Waals surface area contributed by atoms with Crippen LogP contribution in [-0.2, 0) is 9.59 Å². The third-order valence-corrected chi connectivity index (χ3v) is 9.31. The van der Waals surface area contributed by atoms with E-state index in [-0.39, 0.29) is 17.7 Å².